The van der Waals surface area contributed by atoms with Crippen molar-refractivity contribution in [3.63, 3.8) is 0 Å². The van der Waals surface area contributed by atoms with Crippen LogP contribution in [0.4, 0.5) is 0 Å². The van der Waals surface area contributed by atoms with Crippen LogP contribution in [0.25, 0.3) is 0 Å². The summed E-state index contributed by atoms with van der Waals surface area (Å²) in [5.74, 6) is 0. The van der Waals surface area contributed by atoms with E-state index in [-0.39, 0.29) is 24.4 Å². The Labute approximate surface area is 81.9 Å². The lowest BCUT2D eigenvalue weighted by atomic mass is 9.96. The van der Waals surface area contributed by atoms with Crippen molar-refractivity contribution in [1.29, 1.82) is 0 Å². The van der Waals surface area contributed by atoms with Crippen LogP contribution in [0.3, 0.4) is 0 Å². The molecule has 0 fully saturated rings. The Bertz CT molecular complexity index is 122. The number of rotatable bonds is 4. The van der Waals surface area contributed by atoms with Crippen molar-refractivity contribution in [2.24, 2.45) is 11.5 Å². The number of nitrogens with two attached hydrogens (primary N) is 2. The highest BCUT2D eigenvalue weighted by Crippen LogP contribution is 2.09. The Balaban J connectivity index is -0.000000500. The molecule has 0 aromatic heterocycles. The minimum absolute atomic E-state index is 0. The summed E-state index contributed by atoms with van der Waals surface area (Å²) >= 11 is 0. The molecule has 0 radical (unpaired) electrons. The lowest BCUT2D eigenvalue weighted by molar-refractivity contribution is 0.628. The van der Waals surface area contributed by atoms with Crippen molar-refractivity contribution in [3.05, 3.63) is 11.6 Å². The van der Waals surface area contributed by atoms with E-state index in [9.17, 15) is 0 Å². The molecule has 82 valence electrons. The van der Waals surface area contributed by atoms with Gasteiger partial charge in [-0.05, 0) is 25.3 Å². The Hall–Kier alpha value is -0.420. The SMILES string of the molecule is CC=C(C(N)CC)C(N)CC.N.N. The van der Waals surface area contributed by atoms with Gasteiger partial charge in [0, 0.05) is 12.1 Å². The van der Waals surface area contributed by atoms with Gasteiger partial charge in [-0.15, -0.1) is 0 Å². The molecule has 10 N–H and O–H groups in total. The summed E-state index contributed by atoms with van der Waals surface area (Å²) in [5, 5.41) is 0. The van der Waals surface area contributed by atoms with Gasteiger partial charge >= 0.3 is 0 Å². The summed E-state index contributed by atoms with van der Waals surface area (Å²) in [7, 11) is 0. The van der Waals surface area contributed by atoms with Gasteiger partial charge in [0.2, 0.25) is 0 Å². The summed E-state index contributed by atoms with van der Waals surface area (Å²) in [5.41, 5.74) is 12.9. The molecular weight excluding hydrogens is 164 g/mol. The first-order chi connectivity index (χ1) is 5.17. The highest BCUT2D eigenvalue weighted by atomic mass is 14.7. The van der Waals surface area contributed by atoms with Crippen LogP contribution >= 0.6 is 0 Å². The van der Waals surface area contributed by atoms with Crippen LogP contribution in [0.1, 0.15) is 33.6 Å². The maximum atomic E-state index is 5.86. The minimum atomic E-state index is 0. The van der Waals surface area contributed by atoms with E-state index in [4.69, 9.17) is 11.5 Å². The highest BCUT2D eigenvalue weighted by molar-refractivity contribution is 5.15. The molecular formula is C9H26N4. The van der Waals surface area contributed by atoms with Gasteiger partial charge < -0.3 is 23.8 Å². The lowest BCUT2D eigenvalue weighted by Crippen LogP contribution is -2.33. The molecule has 4 nitrogen and oxygen atoms in total. The lowest BCUT2D eigenvalue weighted by Gasteiger charge is -2.19. The smallest absolute Gasteiger partial charge is 0.0266 e. The summed E-state index contributed by atoms with van der Waals surface area (Å²) in [6.07, 6.45) is 3.98. The molecule has 0 aromatic rings. The van der Waals surface area contributed by atoms with E-state index in [0.29, 0.717) is 0 Å². The second-order valence-electron chi connectivity index (χ2n) is 2.82. The zero-order valence-corrected chi connectivity index (χ0v) is 9.22. The number of allylic oxidation sites excluding steroid dienone is 1. The average Bonchev–Trinajstić information content (AvgIpc) is 2.05. The molecule has 0 amide bonds. The molecule has 2 unspecified atom stereocenters. The van der Waals surface area contributed by atoms with Crippen LogP contribution in [0.2, 0.25) is 0 Å². The molecule has 0 aliphatic carbocycles. The highest BCUT2D eigenvalue weighted by Gasteiger charge is 2.11. The summed E-state index contributed by atoms with van der Waals surface area (Å²) < 4.78 is 0. The van der Waals surface area contributed by atoms with E-state index >= 15 is 0 Å². The summed E-state index contributed by atoms with van der Waals surface area (Å²) in [4.78, 5) is 0. The predicted octanol–water partition coefficient (Wildman–Crippen LogP) is 1.73. The first-order valence-electron chi connectivity index (χ1n) is 4.34. The van der Waals surface area contributed by atoms with Crippen LogP contribution < -0.4 is 23.8 Å². The Morgan fingerprint density at radius 1 is 1.08 bits per heavy atom. The third-order valence-electron chi connectivity index (χ3n) is 2.07. The van der Waals surface area contributed by atoms with Crippen molar-refractivity contribution in [3.8, 4) is 0 Å². The van der Waals surface area contributed by atoms with Crippen molar-refractivity contribution >= 4 is 0 Å². The maximum Gasteiger partial charge on any atom is 0.0266 e. The van der Waals surface area contributed by atoms with Crippen molar-refractivity contribution < 1.29 is 0 Å². The van der Waals surface area contributed by atoms with Gasteiger partial charge in [0.15, 0.2) is 0 Å². The summed E-state index contributed by atoms with van der Waals surface area (Å²) in [6.45, 7) is 6.16. The van der Waals surface area contributed by atoms with E-state index in [0.717, 1.165) is 12.8 Å². The Morgan fingerprint density at radius 2 is 1.38 bits per heavy atom. The molecule has 0 bridgehead atoms. The van der Waals surface area contributed by atoms with E-state index in [2.05, 4.69) is 13.8 Å². The van der Waals surface area contributed by atoms with E-state index in [1.165, 1.54) is 5.57 Å². The first kappa shape index (κ1) is 18.4. The zero-order valence-electron chi connectivity index (χ0n) is 9.22. The van der Waals surface area contributed by atoms with Gasteiger partial charge in [-0.2, -0.15) is 0 Å². The molecule has 13 heavy (non-hydrogen) atoms. The van der Waals surface area contributed by atoms with E-state index < -0.39 is 0 Å². The third kappa shape index (κ3) is 5.76. The molecule has 2 atom stereocenters. The molecule has 0 spiro atoms. The molecule has 4 heteroatoms. The van der Waals surface area contributed by atoms with Crippen molar-refractivity contribution in [2.45, 2.75) is 45.7 Å². The third-order valence-corrected chi connectivity index (χ3v) is 2.07. The van der Waals surface area contributed by atoms with E-state index in [1.54, 1.807) is 0 Å². The monoisotopic (exact) mass is 190 g/mol. The predicted molar refractivity (Wildman–Crippen MR) is 60.3 cm³/mol. The first-order valence-corrected chi connectivity index (χ1v) is 4.34. The van der Waals surface area contributed by atoms with Gasteiger partial charge in [-0.3, -0.25) is 0 Å². The molecule has 0 aliphatic rings. The van der Waals surface area contributed by atoms with Gasteiger partial charge in [0.1, 0.15) is 0 Å². The van der Waals surface area contributed by atoms with Gasteiger partial charge in [-0.25, -0.2) is 0 Å². The number of hydrogen-bond acceptors (Lipinski definition) is 4. The van der Waals surface area contributed by atoms with E-state index in [1.807, 2.05) is 13.0 Å². The Morgan fingerprint density at radius 3 is 1.54 bits per heavy atom. The van der Waals surface area contributed by atoms with Crippen molar-refractivity contribution in [2.75, 3.05) is 0 Å². The zero-order chi connectivity index (χ0) is 8.85. The fourth-order valence-electron chi connectivity index (χ4n) is 1.17. The van der Waals surface area contributed by atoms with Crippen LogP contribution in [-0.4, -0.2) is 12.1 Å². The molecule has 0 heterocycles. The fourth-order valence-corrected chi connectivity index (χ4v) is 1.17. The van der Waals surface area contributed by atoms with Crippen LogP contribution in [0.15, 0.2) is 11.6 Å². The van der Waals surface area contributed by atoms with Crippen LogP contribution in [0.5, 0.6) is 0 Å². The van der Waals surface area contributed by atoms with Crippen LogP contribution in [0, 0.1) is 0 Å². The second-order valence-corrected chi connectivity index (χ2v) is 2.82. The molecule has 0 saturated heterocycles. The minimum Gasteiger partial charge on any atom is -0.344 e. The fraction of sp³-hybridized carbons (Fsp3) is 0.778. The number of hydrogen-bond donors (Lipinski definition) is 4. The van der Waals surface area contributed by atoms with Crippen LogP contribution in [-0.2, 0) is 0 Å². The van der Waals surface area contributed by atoms with Gasteiger partial charge in [0.05, 0.1) is 0 Å². The van der Waals surface area contributed by atoms with Gasteiger partial charge in [0.25, 0.3) is 0 Å². The normalized spacial score (nSPS) is 13.3. The standard InChI is InChI=1S/C9H20N2.2H3N/c1-4-7(8(10)5-2)9(11)6-3;;/h4,8-9H,5-6,10-11H2,1-3H3;2*1H3. The topological polar surface area (TPSA) is 122 Å². The largest absolute Gasteiger partial charge is 0.344 e. The quantitative estimate of drug-likeness (QED) is 0.504. The molecule has 0 rings (SSSR count). The molecule has 0 saturated carbocycles. The Kier molecular flexibility index (Phi) is 13.7. The summed E-state index contributed by atoms with van der Waals surface area (Å²) in [6, 6.07) is 0.296. The average molecular weight is 190 g/mol. The second kappa shape index (κ2) is 9.67. The maximum absolute atomic E-state index is 5.86. The van der Waals surface area contributed by atoms with Crippen molar-refractivity contribution in [1.82, 2.24) is 12.3 Å². The van der Waals surface area contributed by atoms with Gasteiger partial charge in [-0.1, -0.05) is 19.9 Å². The molecule has 0 aromatic carbocycles. The molecule has 0 aliphatic heterocycles.